The Morgan fingerprint density at radius 3 is 2.57 bits per heavy atom. The molecule has 0 amide bonds. The van der Waals surface area contributed by atoms with Crippen LogP contribution in [0.3, 0.4) is 0 Å². The van der Waals surface area contributed by atoms with E-state index >= 15 is 0 Å². The highest BCUT2D eigenvalue weighted by molar-refractivity contribution is 7.89. The Morgan fingerprint density at radius 1 is 1.33 bits per heavy atom. The summed E-state index contributed by atoms with van der Waals surface area (Å²) in [6.45, 7) is 0.566. The van der Waals surface area contributed by atoms with Gasteiger partial charge in [0.15, 0.2) is 0 Å². The molecule has 0 atom stereocenters. The van der Waals surface area contributed by atoms with Crippen LogP contribution >= 0.6 is 11.6 Å². The third-order valence-electron chi connectivity index (χ3n) is 2.96. The molecule has 1 N–H and O–H groups in total. The van der Waals surface area contributed by atoms with Gasteiger partial charge in [-0.1, -0.05) is 35.9 Å². The topological polar surface area (TPSA) is 73.2 Å². The summed E-state index contributed by atoms with van der Waals surface area (Å²) in [6, 6.07) is 7.45. The smallest absolute Gasteiger partial charge is 0.261 e. The fraction of sp³-hybridized carbons (Fsp3) is 0.308. The Kier molecular flexibility index (Phi) is 5.00. The molecule has 0 aliphatic heterocycles. The summed E-state index contributed by atoms with van der Waals surface area (Å²) in [5, 5.41) is -0.0939. The summed E-state index contributed by atoms with van der Waals surface area (Å²) in [4.78, 5) is 3.81. The normalized spacial score (nSPS) is 11.8. The van der Waals surface area contributed by atoms with Crippen LogP contribution in [0.5, 0.6) is 0 Å². The number of imidazole rings is 1. The lowest BCUT2D eigenvalue weighted by Gasteiger charge is -2.10. The Bertz CT molecular complexity index is 728. The van der Waals surface area contributed by atoms with E-state index < -0.39 is 10.0 Å². The zero-order valence-electron chi connectivity index (χ0n) is 11.7. The number of aryl methyl sites for hydroxylation is 1. The molecule has 0 saturated heterocycles. The van der Waals surface area contributed by atoms with Crippen molar-refractivity contribution >= 4 is 21.6 Å². The van der Waals surface area contributed by atoms with Crippen molar-refractivity contribution < 1.29 is 13.2 Å². The Morgan fingerprint density at radius 2 is 2.00 bits per heavy atom. The molecule has 0 radical (unpaired) electrons. The average Bonchev–Trinajstić information content (AvgIpc) is 2.79. The van der Waals surface area contributed by atoms with Crippen molar-refractivity contribution in [2.75, 3.05) is 7.11 Å². The van der Waals surface area contributed by atoms with Gasteiger partial charge in [0.25, 0.3) is 10.0 Å². The van der Waals surface area contributed by atoms with Crippen LogP contribution in [0.25, 0.3) is 0 Å². The number of hydrogen-bond donors (Lipinski definition) is 1. The van der Waals surface area contributed by atoms with Gasteiger partial charge in [-0.3, -0.25) is 0 Å². The van der Waals surface area contributed by atoms with E-state index in [1.807, 2.05) is 24.3 Å². The number of halogens is 1. The van der Waals surface area contributed by atoms with Gasteiger partial charge in [-0.05, 0) is 11.1 Å². The minimum Gasteiger partial charge on any atom is -0.380 e. The number of nitrogens with zero attached hydrogens (tertiary/aromatic N) is 2. The number of rotatable bonds is 6. The number of ether oxygens (including phenoxy) is 1. The fourth-order valence-electron chi connectivity index (χ4n) is 1.84. The molecule has 0 aliphatic carbocycles. The second kappa shape index (κ2) is 6.57. The van der Waals surface area contributed by atoms with E-state index in [1.165, 1.54) is 10.9 Å². The van der Waals surface area contributed by atoms with E-state index in [0.717, 1.165) is 11.1 Å². The maximum absolute atomic E-state index is 12.2. The fourth-order valence-corrected chi connectivity index (χ4v) is 3.27. The van der Waals surface area contributed by atoms with E-state index in [2.05, 4.69) is 9.71 Å². The largest absolute Gasteiger partial charge is 0.380 e. The predicted molar refractivity (Wildman–Crippen MR) is 79.4 cm³/mol. The Labute approximate surface area is 128 Å². The van der Waals surface area contributed by atoms with Crippen LogP contribution in [-0.4, -0.2) is 25.1 Å². The van der Waals surface area contributed by atoms with E-state index in [4.69, 9.17) is 16.3 Å². The first-order chi connectivity index (χ1) is 9.95. The lowest BCUT2D eigenvalue weighted by atomic mass is 10.1. The molecule has 1 aromatic carbocycles. The van der Waals surface area contributed by atoms with Gasteiger partial charge in [-0.25, -0.2) is 18.1 Å². The second-order valence-electron chi connectivity index (χ2n) is 4.48. The minimum atomic E-state index is -3.75. The van der Waals surface area contributed by atoms with E-state index in [-0.39, 0.29) is 16.7 Å². The van der Waals surface area contributed by atoms with Gasteiger partial charge in [0.05, 0.1) is 12.9 Å². The third kappa shape index (κ3) is 3.62. The molecule has 1 aromatic heterocycles. The van der Waals surface area contributed by atoms with Crippen LogP contribution < -0.4 is 4.72 Å². The van der Waals surface area contributed by atoms with Gasteiger partial charge in [-0.2, -0.15) is 0 Å². The molecule has 0 fully saturated rings. The van der Waals surface area contributed by atoms with Crippen molar-refractivity contribution in [3.8, 4) is 0 Å². The number of aromatic nitrogens is 2. The summed E-state index contributed by atoms with van der Waals surface area (Å²) in [5.74, 6) is 0. The SMILES string of the molecule is COCc1ccccc1CNS(=O)(=O)c1ncn(C)c1Cl. The van der Waals surface area contributed by atoms with Crippen molar-refractivity contribution in [1.29, 1.82) is 0 Å². The van der Waals surface area contributed by atoms with Crippen LogP contribution in [0.15, 0.2) is 35.6 Å². The Hall–Kier alpha value is -1.41. The summed E-state index contributed by atoms with van der Waals surface area (Å²) in [6.07, 6.45) is 1.36. The first-order valence-electron chi connectivity index (χ1n) is 6.18. The zero-order chi connectivity index (χ0) is 15.5. The molecule has 21 heavy (non-hydrogen) atoms. The van der Waals surface area contributed by atoms with E-state index in [9.17, 15) is 8.42 Å². The number of sulfonamides is 1. The maximum Gasteiger partial charge on any atom is 0.261 e. The highest BCUT2D eigenvalue weighted by Crippen LogP contribution is 2.19. The van der Waals surface area contributed by atoms with Crippen molar-refractivity contribution in [3.63, 3.8) is 0 Å². The molecule has 2 aromatic rings. The first kappa shape index (κ1) is 16.0. The van der Waals surface area contributed by atoms with Crippen LogP contribution in [0, 0.1) is 0 Å². The molecule has 2 rings (SSSR count). The molecule has 0 unspecified atom stereocenters. The lowest BCUT2D eigenvalue weighted by Crippen LogP contribution is -2.24. The predicted octanol–water partition coefficient (Wildman–Crippen LogP) is 1.70. The van der Waals surface area contributed by atoms with Crippen LogP contribution in [0.4, 0.5) is 0 Å². The summed E-state index contributed by atoms with van der Waals surface area (Å²) in [7, 11) is -0.536. The standard InChI is InChI=1S/C13H16ClN3O3S/c1-17-9-15-13(12(17)14)21(18,19)16-7-10-5-3-4-6-11(10)8-20-2/h3-6,9,16H,7-8H2,1-2H3. The third-order valence-corrected chi connectivity index (χ3v) is 4.85. The van der Waals surface area contributed by atoms with E-state index in [1.54, 1.807) is 14.2 Å². The molecular formula is C13H16ClN3O3S. The lowest BCUT2D eigenvalue weighted by molar-refractivity contribution is 0.184. The summed E-state index contributed by atoms with van der Waals surface area (Å²) >= 11 is 5.92. The second-order valence-corrected chi connectivity index (χ2v) is 6.52. The minimum absolute atomic E-state index is 0.0766. The molecule has 0 aliphatic rings. The summed E-state index contributed by atoms with van der Waals surface area (Å²) < 4.78 is 33.4. The number of nitrogens with one attached hydrogen (secondary N) is 1. The van der Waals surface area contributed by atoms with E-state index in [0.29, 0.717) is 6.61 Å². The van der Waals surface area contributed by atoms with Gasteiger partial charge in [-0.15, -0.1) is 0 Å². The average molecular weight is 330 g/mol. The van der Waals surface area contributed by atoms with Crippen molar-refractivity contribution in [1.82, 2.24) is 14.3 Å². The van der Waals surface area contributed by atoms with Crippen molar-refractivity contribution in [3.05, 3.63) is 46.9 Å². The molecule has 8 heteroatoms. The number of hydrogen-bond acceptors (Lipinski definition) is 4. The molecule has 0 bridgehead atoms. The van der Waals surface area contributed by atoms with Gasteiger partial charge in [0.2, 0.25) is 5.03 Å². The number of methoxy groups -OCH3 is 1. The van der Waals surface area contributed by atoms with Crippen molar-refractivity contribution in [2.45, 2.75) is 18.2 Å². The molecule has 1 heterocycles. The van der Waals surface area contributed by atoms with Crippen LogP contribution in [0.2, 0.25) is 5.15 Å². The maximum atomic E-state index is 12.2. The van der Waals surface area contributed by atoms with Gasteiger partial charge in [0, 0.05) is 20.7 Å². The van der Waals surface area contributed by atoms with Crippen molar-refractivity contribution in [2.24, 2.45) is 7.05 Å². The molecule has 0 spiro atoms. The zero-order valence-corrected chi connectivity index (χ0v) is 13.3. The molecule has 114 valence electrons. The number of benzene rings is 1. The van der Waals surface area contributed by atoms with Gasteiger partial charge in [0.1, 0.15) is 5.15 Å². The van der Waals surface area contributed by atoms with Gasteiger partial charge >= 0.3 is 0 Å². The molecule has 0 saturated carbocycles. The summed E-state index contributed by atoms with van der Waals surface area (Å²) in [5.41, 5.74) is 1.77. The van der Waals surface area contributed by atoms with Gasteiger partial charge < -0.3 is 9.30 Å². The quantitative estimate of drug-likeness (QED) is 0.875. The molecule has 6 nitrogen and oxygen atoms in total. The highest BCUT2D eigenvalue weighted by Gasteiger charge is 2.22. The highest BCUT2D eigenvalue weighted by atomic mass is 35.5. The van der Waals surface area contributed by atoms with Crippen LogP contribution in [0.1, 0.15) is 11.1 Å². The van der Waals surface area contributed by atoms with Crippen LogP contribution in [-0.2, 0) is 35.0 Å². The Balaban J connectivity index is 2.18. The molecular weight excluding hydrogens is 314 g/mol. The first-order valence-corrected chi connectivity index (χ1v) is 8.04. The monoisotopic (exact) mass is 329 g/mol.